The molecule has 0 saturated heterocycles. The summed E-state index contributed by atoms with van der Waals surface area (Å²) in [7, 11) is 0. The number of benzene rings is 3. The molecule has 3 aromatic carbocycles. The first-order valence-corrected chi connectivity index (χ1v) is 11.1. The number of aromatic carboxylic acids is 1. The number of hydrogen-bond acceptors (Lipinski definition) is 6. The molecular weight excluding hydrogens is 450 g/mol. The predicted octanol–water partition coefficient (Wildman–Crippen LogP) is 4.06. The second-order valence-corrected chi connectivity index (χ2v) is 8.43. The van der Waals surface area contributed by atoms with Gasteiger partial charge in [-0.2, -0.15) is 0 Å². The number of furan rings is 1. The third-order valence-corrected chi connectivity index (χ3v) is 6.26. The zero-order valence-corrected chi connectivity index (χ0v) is 18.5. The van der Waals surface area contributed by atoms with Gasteiger partial charge in [0.25, 0.3) is 0 Å². The Morgan fingerprint density at radius 3 is 2.26 bits per heavy atom. The van der Waals surface area contributed by atoms with Crippen molar-refractivity contribution < 1.29 is 34.1 Å². The van der Waals surface area contributed by atoms with Gasteiger partial charge in [0, 0.05) is 17.8 Å². The van der Waals surface area contributed by atoms with E-state index in [1.54, 1.807) is 0 Å². The lowest BCUT2D eigenvalue weighted by Crippen LogP contribution is -2.36. The third kappa shape index (κ3) is 4.37. The first kappa shape index (κ1) is 22.6. The first-order chi connectivity index (χ1) is 16.9. The lowest BCUT2D eigenvalue weighted by atomic mass is 9.98. The van der Waals surface area contributed by atoms with E-state index in [9.17, 15) is 19.8 Å². The van der Waals surface area contributed by atoms with Gasteiger partial charge in [0.05, 0.1) is 0 Å². The fraction of sp³-hybridized carbons (Fsp3) is 0.185. The van der Waals surface area contributed by atoms with E-state index in [-0.39, 0.29) is 24.8 Å². The highest BCUT2D eigenvalue weighted by molar-refractivity contribution is 5.91. The molecule has 178 valence electrons. The summed E-state index contributed by atoms with van der Waals surface area (Å²) in [5.74, 6) is -1.50. The molecule has 1 aliphatic rings. The van der Waals surface area contributed by atoms with E-state index in [4.69, 9.17) is 14.3 Å². The maximum atomic E-state index is 12.3. The number of rotatable bonds is 7. The molecule has 8 nitrogen and oxygen atoms in total. The Morgan fingerprint density at radius 2 is 1.60 bits per heavy atom. The molecule has 5 rings (SSSR count). The number of alkyl carbamates (subject to hydrolysis) is 1. The summed E-state index contributed by atoms with van der Waals surface area (Å²) in [6.07, 6.45) is -3.32. The minimum Gasteiger partial charge on any atom is -0.475 e. The topological polar surface area (TPSA) is 129 Å². The highest BCUT2D eigenvalue weighted by Crippen LogP contribution is 2.44. The molecule has 1 aliphatic carbocycles. The molecule has 0 spiro atoms. The van der Waals surface area contributed by atoms with E-state index in [1.165, 1.54) is 24.3 Å². The fourth-order valence-electron chi connectivity index (χ4n) is 4.52. The molecule has 8 heteroatoms. The molecule has 4 aromatic rings. The minimum atomic E-state index is -1.31. The number of carbonyl (C=O) groups is 2. The number of fused-ring (bicyclic) bond motifs is 4. The molecular formula is C27H23NO7. The van der Waals surface area contributed by atoms with E-state index >= 15 is 0 Å². The number of carboxylic acids is 1. The Labute approximate surface area is 200 Å². The van der Waals surface area contributed by atoms with Gasteiger partial charge in [0.2, 0.25) is 5.76 Å². The monoisotopic (exact) mass is 473 g/mol. The van der Waals surface area contributed by atoms with Crippen LogP contribution in [0.1, 0.15) is 39.3 Å². The van der Waals surface area contributed by atoms with E-state index < -0.39 is 24.3 Å². The van der Waals surface area contributed by atoms with E-state index in [1.807, 2.05) is 36.4 Å². The Balaban J connectivity index is 1.18. The van der Waals surface area contributed by atoms with Crippen molar-refractivity contribution in [2.45, 2.75) is 18.1 Å². The first-order valence-electron chi connectivity index (χ1n) is 11.1. The van der Waals surface area contributed by atoms with Crippen molar-refractivity contribution in [3.8, 4) is 11.1 Å². The van der Waals surface area contributed by atoms with Crippen molar-refractivity contribution in [1.82, 2.24) is 5.32 Å². The number of carboxylic acid groups (broad SMARTS) is 1. The van der Waals surface area contributed by atoms with Crippen LogP contribution >= 0.6 is 0 Å². The average Bonchev–Trinajstić information content (AvgIpc) is 3.44. The van der Waals surface area contributed by atoms with Gasteiger partial charge in [-0.15, -0.1) is 0 Å². The molecule has 0 saturated carbocycles. The van der Waals surface area contributed by atoms with Crippen molar-refractivity contribution in [2.75, 3.05) is 13.2 Å². The van der Waals surface area contributed by atoms with Crippen LogP contribution in [0.2, 0.25) is 0 Å². The average molecular weight is 473 g/mol. The number of aliphatic hydroxyl groups is 2. The van der Waals surface area contributed by atoms with E-state index in [2.05, 4.69) is 17.4 Å². The maximum Gasteiger partial charge on any atom is 0.407 e. The second kappa shape index (κ2) is 9.25. The Morgan fingerprint density at radius 1 is 0.943 bits per heavy atom. The largest absolute Gasteiger partial charge is 0.475 e. The SMILES string of the molecule is O=C(NCC(O)C(O)c1ccc2oc(C(=O)O)cc2c1)OCC1c2ccccc2-c2ccccc21. The van der Waals surface area contributed by atoms with Gasteiger partial charge < -0.3 is 29.8 Å². The van der Waals surface area contributed by atoms with Gasteiger partial charge in [0.1, 0.15) is 24.4 Å². The zero-order valence-electron chi connectivity index (χ0n) is 18.5. The van der Waals surface area contributed by atoms with Crippen molar-refractivity contribution in [1.29, 1.82) is 0 Å². The molecule has 1 heterocycles. The molecule has 2 atom stereocenters. The van der Waals surface area contributed by atoms with Crippen LogP contribution in [0.15, 0.2) is 77.2 Å². The van der Waals surface area contributed by atoms with Crippen LogP contribution < -0.4 is 5.32 Å². The molecule has 0 fully saturated rings. The van der Waals surface area contributed by atoms with Crippen LogP contribution in [-0.4, -0.2) is 46.6 Å². The smallest absolute Gasteiger partial charge is 0.407 e. The van der Waals surface area contributed by atoms with Crippen LogP contribution in [0.3, 0.4) is 0 Å². The summed E-state index contributed by atoms with van der Waals surface area (Å²) < 4.78 is 10.6. The normalized spacial score (nSPS) is 14.2. The van der Waals surface area contributed by atoms with Gasteiger partial charge in [-0.1, -0.05) is 54.6 Å². The van der Waals surface area contributed by atoms with Crippen LogP contribution in [0.5, 0.6) is 0 Å². The molecule has 1 aromatic heterocycles. The molecule has 0 aliphatic heterocycles. The summed E-state index contributed by atoms with van der Waals surface area (Å²) >= 11 is 0. The Kier molecular flexibility index (Phi) is 5.98. The van der Waals surface area contributed by atoms with E-state index in [0.717, 1.165) is 22.3 Å². The molecule has 1 amide bonds. The van der Waals surface area contributed by atoms with Gasteiger partial charge in [0.15, 0.2) is 0 Å². The number of aliphatic hydroxyl groups excluding tert-OH is 2. The quantitative estimate of drug-likeness (QED) is 0.318. The Hall–Kier alpha value is -4.14. The minimum absolute atomic E-state index is 0.0824. The molecule has 0 bridgehead atoms. The lowest BCUT2D eigenvalue weighted by Gasteiger charge is -2.19. The molecule has 35 heavy (non-hydrogen) atoms. The highest BCUT2D eigenvalue weighted by Gasteiger charge is 2.29. The zero-order chi connectivity index (χ0) is 24.5. The number of hydrogen-bond donors (Lipinski definition) is 4. The summed E-state index contributed by atoms with van der Waals surface area (Å²) in [5.41, 5.74) is 5.15. The van der Waals surface area contributed by atoms with Gasteiger partial charge >= 0.3 is 12.1 Å². The Bertz CT molecular complexity index is 1360. The highest BCUT2D eigenvalue weighted by atomic mass is 16.5. The number of ether oxygens (including phenoxy) is 1. The third-order valence-electron chi connectivity index (χ3n) is 6.26. The number of carbonyl (C=O) groups excluding carboxylic acids is 1. The van der Waals surface area contributed by atoms with Crippen molar-refractivity contribution in [3.05, 3.63) is 95.2 Å². The molecule has 0 radical (unpaired) electrons. The molecule has 2 unspecified atom stereocenters. The second-order valence-electron chi connectivity index (χ2n) is 8.43. The van der Waals surface area contributed by atoms with Crippen molar-refractivity contribution in [3.63, 3.8) is 0 Å². The standard InChI is InChI=1S/C27H23NO7/c29-22(25(30)15-9-10-23-16(11-15)12-24(35-23)26(31)32)13-28-27(33)34-14-21-19-7-3-1-5-17(19)18-6-2-4-8-20(18)21/h1-12,21-22,25,29-30H,13-14H2,(H,28,33)(H,31,32). The van der Waals surface area contributed by atoms with E-state index in [0.29, 0.717) is 16.5 Å². The predicted molar refractivity (Wildman–Crippen MR) is 127 cm³/mol. The van der Waals surface area contributed by atoms with Crippen LogP contribution in [0, 0.1) is 0 Å². The number of nitrogens with one attached hydrogen (secondary N) is 1. The lowest BCUT2D eigenvalue weighted by molar-refractivity contribution is 0.0186. The fourth-order valence-corrected chi connectivity index (χ4v) is 4.52. The summed E-state index contributed by atoms with van der Waals surface area (Å²) in [5, 5.41) is 32.9. The summed E-state index contributed by atoms with van der Waals surface area (Å²) in [4.78, 5) is 23.4. The van der Waals surface area contributed by atoms with Gasteiger partial charge in [-0.3, -0.25) is 0 Å². The van der Waals surface area contributed by atoms with Crippen LogP contribution in [0.4, 0.5) is 4.79 Å². The molecule has 4 N–H and O–H groups in total. The summed E-state index contributed by atoms with van der Waals surface area (Å²) in [6, 6.07) is 21.9. The van der Waals surface area contributed by atoms with Crippen molar-refractivity contribution in [2.24, 2.45) is 0 Å². The summed E-state index contributed by atoms with van der Waals surface area (Å²) in [6.45, 7) is -0.0940. The number of amides is 1. The van der Waals surface area contributed by atoms with Gasteiger partial charge in [-0.05, 0) is 46.0 Å². The maximum absolute atomic E-state index is 12.3. The van der Waals surface area contributed by atoms with Crippen LogP contribution in [-0.2, 0) is 4.74 Å². The van der Waals surface area contributed by atoms with Crippen LogP contribution in [0.25, 0.3) is 22.1 Å². The van der Waals surface area contributed by atoms with Crippen molar-refractivity contribution >= 4 is 23.0 Å². The van der Waals surface area contributed by atoms with Gasteiger partial charge in [-0.25, -0.2) is 9.59 Å².